The molecule has 0 aromatic heterocycles. The minimum atomic E-state index is 0.0741. The molecule has 10 heavy (non-hydrogen) atoms. The van der Waals surface area contributed by atoms with Crippen molar-refractivity contribution < 1.29 is 9.53 Å². The average Bonchev–Trinajstić information content (AvgIpc) is 2.17. The molecule has 4 heteroatoms. The van der Waals surface area contributed by atoms with Crippen LogP contribution in [-0.2, 0) is 9.53 Å². The number of carbonyl (C=O) groups is 1. The molecular formula is C6H11NO2S. The van der Waals surface area contributed by atoms with Crippen molar-refractivity contribution in [3.8, 4) is 0 Å². The zero-order chi connectivity index (χ0) is 7.23. The van der Waals surface area contributed by atoms with Gasteiger partial charge in [-0.3, -0.25) is 4.79 Å². The molecule has 0 bridgehead atoms. The van der Waals surface area contributed by atoms with Gasteiger partial charge in [0.1, 0.15) is 6.10 Å². The molecule has 58 valence electrons. The number of ether oxygens (including phenoxy) is 1. The Morgan fingerprint density at radius 3 is 3.40 bits per heavy atom. The third kappa shape index (κ3) is 2.58. The molecule has 1 rings (SSSR count). The van der Waals surface area contributed by atoms with Crippen LogP contribution in [0.1, 0.15) is 0 Å². The SMILES string of the molecule is O=COC1CNCCSC1. The van der Waals surface area contributed by atoms with Crippen molar-refractivity contribution in [1.82, 2.24) is 5.32 Å². The Morgan fingerprint density at radius 1 is 1.70 bits per heavy atom. The van der Waals surface area contributed by atoms with Gasteiger partial charge in [0.2, 0.25) is 0 Å². The number of thioether (sulfide) groups is 1. The number of carbonyl (C=O) groups excluding carboxylic acids is 1. The highest BCUT2D eigenvalue weighted by Gasteiger charge is 2.11. The Kier molecular flexibility index (Phi) is 3.60. The summed E-state index contributed by atoms with van der Waals surface area (Å²) >= 11 is 1.82. The quantitative estimate of drug-likeness (QED) is 0.572. The average molecular weight is 161 g/mol. The van der Waals surface area contributed by atoms with Crippen molar-refractivity contribution in [2.45, 2.75) is 6.10 Å². The molecule has 1 heterocycles. The second kappa shape index (κ2) is 4.57. The molecule has 1 aliphatic rings. The van der Waals surface area contributed by atoms with Gasteiger partial charge in [0.15, 0.2) is 0 Å². The molecule has 1 atom stereocenters. The van der Waals surface area contributed by atoms with Crippen LogP contribution < -0.4 is 5.32 Å². The van der Waals surface area contributed by atoms with Gasteiger partial charge in [0.25, 0.3) is 6.47 Å². The first-order valence-corrected chi connectivity index (χ1v) is 4.46. The van der Waals surface area contributed by atoms with Gasteiger partial charge in [-0.05, 0) is 0 Å². The van der Waals surface area contributed by atoms with Gasteiger partial charge in [0.05, 0.1) is 0 Å². The highest BCUT2D eigenvalue weighted by Crippen LogP contribution is 2.06. The molecule has 1 aliphatic heterocycles. The zero-order valence-electron chi connectivity index (χ0n) is 5.71. The van der Waals surface area contributed by atoms with Crippen molar-refractivity contribution in [3.05, 3.63) is 0 Å². The van der Waals surface area contributed by atoms with Gasteiger partial charge in [-0.2, -0.15) is 11.8 Å². The van der Waals surface area contributed by atoms with Gasteiger partial charge in [-0.1, -0.05) is 0 Å². The summed E-state index contributed by atoms with van der Waals surface area (Å²) in [5.41, 5.74) is 0. The maximum Gasteiger partial charge on any atom is 0.293 e. The molecule has 0 aliphatic carbocycles. The maximum absolute atomic E-state index is 9.93. The Labute approximate surface area is 64.5 Å². The van der Waals surface area contributed by atoms with E-state index in [0.29, 0.717) is 6.47 Å². The zero-order valence-corrected chi connectivity index (χ0v) is 6.52. The first-order valence-electron chi connectivity index (χ1n) is 3.31. The lowest BCUT2D eigenvalue weighted by Crippen LogP contribution is -2.28. The van der Waals surface area contributed by atoms with Crippen LogP contribution in [0.4, 0.5) is 0 Å². The highest BCUT2D eigenvalue weighted by atomic mass is 32.2. The second-order valence-electron chi connectivity index (χ2n) is 2.13. The van der Waals surface area contributed by atoms with E-state index in [9.17, 15) is 4.79 Å². The minimum absolute atomic E-state index is 0.0741. The topological polar surface area (TPSA) is 38.3 Å². The van der Waals surface area contributed by atoms with Crippen LogP contribution in [0, 0.1) is 0 Å². The Morgan fingerprint density at radius 2 is 2.60 bits per heavy atom. The van der Waals surface area contributed by atoms with Crippen molar-refractivity contribution >= 4 is 18.2 Å². The molecule has 0 aromatic carbocycles. The number of nitrogens with one attached hydrogen (secondary N) is 1. The van der Waals surface area contributed by atoms with Crippen molar-refractivity contribution in [2.75, 3.05) is 24.6 Å². The Balaban J connectivity index is 2.21. The lowest BCUT2D eigenvalue weighted by atomic mass is 10.4. The summed E-state index contributed by atoms with van der Waals surface area (Å²) in [5.74, 6) is 2.03. The van der Waals surface area contributed by atoms with E-state index in [2.05, 4.69) is 5.32 Å². The van der Waals surface area contributed by atoms with Crippen LogP contribution in [0.15, 0.2) is 0 Å². The first-order chi connectivity index (χ1) is 4.93. The lowest BCUT2D eigenvalue weighted by molar-refractivity contribution is -0.132. The van der Waals surface area contributed by atoms with E-state index in [1.165, 1.54) is 0 Å². The molecule has 3 nitrogen and oxygen atoms in total. The van der Waals surface area contributed by atoms with E-state index >= 15 is 0 Å². The predicted molar refractivity (Wildman–Crippen MR) is 41.1 cm³/mol. The third-order valence-electron chi connectivity index (χ3n) is 1.35. The standard InChI is InChI=1S/C6H11NO2S/c8-5-9-6-3-7-1-2-10-4-6/h5-7H,1-4H2. The van der Waals surface area contributed by atoms with Crippen molar-refractivity contribution in [2.24, 2.45) is 0 Å². The fraction of sp³-hybridized carbons (Fsp3) is 0.833. The van der Waals surface area contributed by atoms with Crippen LogP contribution in [0.25, 0.3) is 0 Å². The van der Waals surface area contributed by atoms with E-state index in [1.807, 2.05) is 11.8 Å². The minimum Gasteiger partial charge on any atom is -0.462 e. The van der Waals surface area contributed by atoms with E-state index in [1.54, 1.807) is 0 Å². The lowest BCUT2D eigenvalue weighted by Gasteiger charge is -2.09. The van der Waals surface area contributed by atoms with Crippen LogP contribution in [0.2, 0.25) is 0 Å². The van der Waals surface area contributed by atoms with Gasteiger partial charge in [-0.25, -0.2) is 0 Å². The molecule has 1 fully saturated rings. The van der Waals surface area contributed by atoms with Gasteiger partial charge in [0, 0.05) is 24.6 Å². The van der Waals surface area contributed by atoms with Gasteiger partial charge in [-0.15, -0.1) is 0 Å². The van der Waals surface area contributed by atoms with E-state index in [0.717, 1.165) is 24.6 Å². The smallest absolute Gasteiger partial charge is 0.293 e. The summed E-state index contributed by atoms with van der Waals surface area (Å²) in [6, 6.07) is 0. The van der Waals surface area contributed by atoms with Gasteiger partial charge >= 0.3 is 0 Å². The largest absolute Gasteiger partial charge is 0.462 e. The fourth-order valence-electron chi connectivity index (χ4n) is 0.847. The predicted octanol–water partition coefficient (Wildman–Crippen LogP) is -0.136. The monoisotopic (exact) mass is 161 g/mol. The van der Waals surface area contributed by atoms with Crippen molar-refractivity contribution in [1.29, 1.82) is 0 Å². The van der Waals surface area contributed by atoms with Crippen LogP contribution in [-0.4, -0.2) is 37.2 Å². The summed E-state index contributed by atoms with van der Waals surface area (Å²) in [6.45, 7) is 2.34. The van der Waals surface area contributed by atoms with E-state index in [4.69, 9.17) is 4.74 Å². The summed E-state index contributed by atoms with van der Waals surface area (Å²) in [4.78, 5) is 9.93. The summed E-state index contributed by atoms with van der Waals surface area (Å²) in [7, 11) is 0. The molecular weight excluding hydrogens is 150 g/mol. The second-order valence-corrected chi connectivity index (χ2v) is 3.28. The summed E-state index contributed by atoms with van der Waals surface area (Å²) in [6.07, 6.45) is 0.0741. The van der Waals surface area contributed by atoms with Gasteiger partial charge < -0.3 is 10.1 Å². The molecule has 0 radical (unpaired) electrons. The molecule has 1 N–H and O–H groups in total. The van der Waals surface area contributed by atoms with Crippen LogP contribution in [0.5, 0.6) is 0 Å². The summed E-state index contributed by atoms with van der Waals surface area (Å²) in [5, 5.41) is 3.18. The summed E-state index contributed by atoms with van der Waals surface area (Å²) < 4.78 is 4.80. The Bertz CT molecular complexity index is 102. The molecule has 0 aromatic rings. The number of rotatable bonds is 2. The normalized spacial score (nSPS) is 27.0. The molecule has 0 amide bonds. The third-order valence-corrected chi connectivity index (χ3v) is 2.45. The number of hydrogen-bond donors (Lipinski definition) is 1. The molecule has 1 saturated heterocycles. The molecule has 1 unspecified atom stereocenters. The maximum atomic E-state index is 9.93. The fourth-order valence-corrected chi connectivity index (χ4v) is 1.76. The Hall–Kier alpha value is -0.220. The van der Waals surface area contributed by atoms with Crippen molar-refractivity contribution in [3.63, 3.8) is 0 Å². The molecule has 0 spiro atoms. The molecule has 0 saturated carbocycles. The van der Waals surface area contributed by atoms with Crippen LogP contribution >= 0.6 is 11.8 Å². The van der Waals surface area contributed by atoms with Crippen LogP contribution in [0.3, 0.4) is 0 Å². The van der Waals surface area contributed by atoms with E-state index in [-0.39, 0.29) is 6.10 Å². The highest BCUT2D eigenvalue weighted by molar-refractivity contribution is 7.99. The number of hydrogen-bond acceptors (Lipinski definition) is 4. The van der Waals surface area contributed by atoms with E-state index < -0.39 is 0 Å². The first kappa shape index (κ1) is 7.88.